The zero-order chi connectivity index (χ0) is 25.7. The number of aliphatic hydroxyl groups is 1. The molecule has 3 heterocycles. The molecule has 1 aliphatic heterocycles. The van der Waals surface area contributed by atoms with Gasteiger partial charge in [0.05, 0.1) is 12.2 Å². The maximum atomic E-state index is 10.5. The first-order valence-electron chi connectivity index (χ1n) is 12.6. The number of rotatable bonds is 7. The molecule has 3 N–H and O–H groups in total. The van der Waals surface area contributed by atoms with Crippen LogP contribution in [0.25, 0.3) is 11.1 Å². The van der Waals surface area contributed by atoms with Crippen LogP contribution in [0.4, 0.5) is 5.82 Å². The van der Waals surface area contributed by atoms with Gasteiger partial charge < -0.3 is 20.5 Å². The van der Waals surface area contributed by atoms with E-state index in [2.05, 4.69) is 58.6 Å². The van der Waals surface area contributed by atoms with E-state index < -0.39 is 5.60 Å². The quantitative estimate of drug-likeness (QED) is 0.476. The Bertz CT molecular complexity index is 1230. The van der Waals surface area contributed by atoms with E-state index in [-0.39, 0.29) is 0 Å². The number of hydrogen-bond donors (Lipinski definition) is 2. The van der Waals surface area contributed by atoms with Gasteiger partial charge in [-0.15, -0.1) is 0 Å². The first kappa shape index (κ1) is 25.7. The molecular formula is C29H37N5O2. The molecule has 1 saturated heterocycles. The number of pyridine rings is 1. The number of nitrogens with two attached hydrogens (primary N) is 1. The van der Waals surface area contributed by atoms with Gasteiger partial charge in [-0.3, -0.25) is 4.68 Å². The van der Waals surface area contributed by atoms with Crippen LogP contribution in [0.2, 0.25) is 0 Å². The van der Waals surface area contributed by atoms with Crippen molar-refractivity contribution in [1.82, 2.24) is 19.7 Å². The van der Waals surface area contributed by atoms with Crippen molar-refractivity contribution in [3.63, 3.8) is 0 Å². The Morgan fingerprint density at radius 3 is 2.72 bits per heavy atom. The molecule has 7 heteroatoms. The summed E-state index contributed by atoms with van der Waals surface area (Å²) in [6.45, 7) is 8.42. The lowest BCUT2D eigenvalue weighted by Crippen LogP contribution is -2.31. The van der Waals surface area contributed by atoms with Crippen LogP contribution < -0.4 is 10.5 Å². The minimum atomic E-state index is -1.01. The highest BCUT2D eigenvalue weighted by atomic mass is 16.5. The van der Waals surface area contributed by atoms with Crippen molar-refractivity contribution in [2.24, 2.45) is 5.92 Å². The van der Waals surface area contributed by atoms with Crippen molar-refractivity contribution in [2.75, 3.05) is 25.9 Å². The smallest absolute Gasteiger partial charge is 0.166 e. The summed E-state index contributed by atoms with van der Waals surface area (Å²) in [7, 11) is 2.16. The molecule has 0 saturated carbocycles. The summed E-state index contributed by atoms with van der Waals surface area (Å²) in [6.07, 6.45) is 8.56. The van der Waals surface area contributed by atoms with E-state index in [0.29, 0.717) is 36.6 Å². The Labute approximate surface area is 214 Å². The molecule has 1 aromatic carbocycles. The largest absolute Gasteiger partial charge is 0.485 e. The van der Waals surface area contributed by atoms with Crippen LogP contribution >= 0.6 is 0 Å². The molecule has 190 valence electrons. The average Bonchev–Trinajstić information content (AvgIpc) is 3.33. The Morgan fingerprint density at radius 2 is 1.97 bits per heavy atom. The van der Waals surface area contributed by atoms with Gasteiger partial charge in [0.2, 0.25) is 0 Å². The van der Waals surface area contributed by atoms with Crippen molar-refractivity contribution in [3.05, 3.63) is 60.0 Å². The second kappa shape index (κ2) is 11.2. The summed E-state index contributed by atoms with van der Waals surface area (Å²) in [5.41, 5.74) is 8.83. The zero-order valence-corrected chi connectivity index (χ0v) is 21.7. The minimum absolute atomic E-state index is 0.335. The van der Waals surface area contributed by atoms with Crippen LogP contribution in [0.5, 0.6) is 5.75 Å². The van der Waals surface area contributed by atoms with Gasteiger partial charge in [-0.1, -0.05) is 37.8 Å². The predicted molar refractivity (Wildman–Crippen MR) is 143 cm³/mol. The normalized spacial score (nSPS) is 16.4. The number of nitrogens with zero attached hydrogens (tertiary/aromatic N) is 4. The van der Waals surface area contributed by atoms with Crippen LogP contribution in [0.3, 0.4) is 0 Å². The second-order valence-corrected chi connectivity index (χ2v) is 10.5. The molecule has 0 aliphatic carbocycles. The molecule has 1 aliphatic rings. The van der Waals surface area contributed by atoms with E-state index >= 15 is 0 Å². The molecular weight excluding hydrogens is 450 g/mol. The van der Waals surface area contributed by atoms with E-state index in [1.807, 2.05) is 36.5 Å². The first-order valence-corrected chi connectivity index (χ1v) is 12.6. The predicted octanol–water partition coefficient (Wildman–Crippen LogP) is 4.52. The molecule has 4 rings (SSSR count). The maximum absolute atomic E-state index is 10.5. The van der Waals surface area contributed by atoms with Gasteiger partial charge in [0.1, 0.15) is 12.2 Å². The number of hydrogen-bond acceptors (Lipinski definition) is 6. The van der Waals surface area contributed by atoms with Gasteiger partial charge in [-0.05, 0) is 76.0 Å². The summed E-state index contributed by atoms with van der Waals surface area (Å²) in [5, 5.41) is 15.1. The topological polar surface area (TPSA) is 89.4 Å². The number of aromatic nitrogens is 3. The Kier molecular flexibility index (Phi) is 7.97. The summed E-state index contributed by atoms with van der Waals surface area (Å²) < 4.78 is 8.13. The third kappa shape index (κ3) is 6.87. The minimum Gasteiger partial charge on any atom is -0.485 e. The molecule has 0 amide bonds. The third-order valence-electron chi connectivity index (χ3n) is 6.48. The molecule has 0 bridgehead atoms. The molecule has 0 radical (unpaired) electrons. The molecule has 2 aromatic heterocycles. The highest BCUT2D eigenvalue weighted by molar-refractivity contribution is 5.65. The fraction of sp³-hybridized carbons (Fsp3) is 0.448. The van der Waals surface area contributed by atoms with Crippen LogP contribution in [0.15, 0.2) is 48.9 Å². The lowest BCUT2D eigenvalue weighted by atomic mass is 9.94. The number of anilines is 1. The first-order chi connectivity index (χ1) is 17.2. The van der Waals surface area contributed by atoms with Gasteiger partial charge in [-0.2, -0.15) is 5.10 Å². The fourth-order valence-electron chi connectivity index (χ4n) is 4.63. The van der Waals surface area contributed by atoms with Crippen molar-refractivity contribution >= 4 is 5.82 Å². The monoisotopic (exact) mass is 487 g/mol. The summed E-state index contributed by atoms with van der Waals surface area (Å²) in [4.78, 5) is 6.71. The van der Waals surface area contributed by atoms with E-state index in [9.17, 15) is 5.11 Å². The molecule has 1 unspecified atom stereocenters. The molecule has 1 fully saturated rings. The van der Waals surface area contributed by atoms with Crippen LogP contribution in [0, 0.1) is 17.8 Å². The Balaban J connectivity index is 1.43. The van der Waals surface area contributed by atoms with E-state index in [1.165, 1.54) is 0 Å². The highest BCUT2D eigenvalue weighted by Gasteiger charge is 2.20. The van der Waals surface area contributed by atoms with Gasteiger partial charge in [0.15, 0.2) is 11.6 Å². The van der Waals surface area contributed by atoms with Gasteiger partial charge >= 0.3 is 0 Å². The van der Waals surface area contributed by atoms with E-state index in [4.69, 9.17) is 10.5 Å². The molecule has 36 heavy (non-hydrogen) atoms. The molecule has 3 aromatic rings. The molecule has 1 atom stereocenters. The maximum Gasteiger partial charge on any atom is 0.166 e. The molecule has 0 spiro atoms. The zero-order valence-electron chi connectivity index (χ0n) is 21.7. The lowest BCUT2D eigenvalue weighted by Gasteiger charge is -2.28. The van der Waals surface area contributed by atoms with Crippen LogP contribution in [-0.4, -0.2) is 50.5 Å². The van der Waals surface area contributed by atoms with Gasteiger partial charge in [-0.25, -0.2) is 4.98 Å². The lowest BCUT2D eigenvalue weighted by molar-refractivity contribution is 0.0976. The number of ether oxygens (including phenoxy) is 1. The number of nitrogen functional groups attached to an aromatic ring is 1. The number of likely N-dealkylation sites (tertiary alicyclic amines) is 1. The number of benzene rings is 1. The summed E-state index contributed by atoms with van der Waals surface area (Å²) in [6, 6.07) is 10.2. The SMILES string of the molecule is CC(C)CC(C)(O)C#Cc1cccc(COc2cc(-c3cnn(C4CCN(C)CC4)c3)cnc2N)c1. The highest BCUT2D eigenvalue weighted by Crippen LogP contribution is 2.29. The van der Waals surface area contributed by atoms with Crippen molar-refractivity contribution in [2.45, 2.75) is 58.3 Å². The fourth-order valence-corrected chi connectivity index (χ4v) is 4.63. The van der Waals surface area contributed by atoms with E-state index in [1.54, 1.807) is 13.1 Å². The average molecular weight is 488 g/mol. The standard InChI is InChI=1S/C29H37N5O2/c1-21(2)16-29(3,35)11-8-22-6-5-7-23(14-22)20-36-27-15-24(17-31-28(27)30)25-18-32-34(19-25)26-9-12-33(4)13-10-26/h5-7,14-15,17-19,21,26,35H,9-10,12-13,16,20H2,1-4H3,(H2,30,31). The number of piperidine rings is 1. The van der Waals surface area contributed by atoms with Gasteiger partial charge in [0, 0.05) is 29.1 Å². The summed E-state index contributed by atoms with van der Waals surface area (Å²) >= 11 is 0. The van der Waals surface area contributed by atoms with E-state index in [0.717, 1.165) is 48.2 Å². The van der Waals surface area contributed by atoms with Crippen LogP contribution in [0.1, 0.15) is 57.2 Å². The third-order valence-corrected chi connectivity index (χ3v) is 6.48. The second-order valence-electron chi connectivity index (χ2n) is 10.5. The summed E-state index contributed by atoms with van der Waals surface area (Å²) in [5.74, 6) is 7.35. The Morgan fingerprint density at radius 1 is 1.19 bits per heavy atom. The Hall–Kier alpha value is -3.34. The van der Waals surface area contributed by atoms with Crippen LogP contribution in [-0.2, 0) is 6.61 Å². The van der Waals surface area contributed by atoms with Crippen molar-refractivity contribution < 1.29 is 9.84 Å². The molecule has 7 nitrogen and oxygen atoms in total. The van der Waals surface area contributed by atoms with Crippen molar-refractivity contribution in [3.8, 4) is 28.7 Å². The van der Waals surface area contributed by atoms with Crippen molar-refractivity contribution in [1.29, 1.82) is 0 Å². The van der Waals surface area contributed by atoms with Gasteiger partial charge in [0.25, 0.3) is 0 Å².